The molecule has 0 spiro atoms. The van der Waals surface area contributed by atoms with Gasteiger partial charge < -0.3 is 9.47 Å². The van der Waals surface area contributed by atoms with Crippen molar-refractivity contribution >= 4 is 17.7 Å². The van der Waals surface area contributed by atoms with Crippen molar-refractivity contribution in [1.82, 2.24) is 4.90 Å². The van der Waals surface area contributed by atoms with Crippen LogP contribution in [-0.2, 0) is 27.2 Å². The number of benzene rings is 1. The summed E-state index contributed by atoms with van der Waals surface area (Å²) in [5.74, 6) is -0.551. The average molecular weight is 336 g/mol. The summed E-state index contributed by atoms with van der Waals surface area (Å²) in [7, 11) is 1.25. The molecular formula is C16H20N2O6. The summed E-state index contributed by atoms with van der Waals surface area (Å²) < 4.78 is 10.1. The van der Waals surface area contributed by atoms with Gasteiger partial charge in [-0.3, -0.25) is 15.0 Å². The fourth-order valence-electron chi connectivity index (χ4n) is 2.54. The molecule has 8 nitrogen and oxygen atoms in total. The number of nitro benzene ring substituents is 1. The van der Waals surface area contributed by atoms with Crippen LogP contribution in [0.3, 0.4) is 0 Å². The van der Waals surface area contributed by atoms with E-state index in [9.17, 15) is 19.7 Å². The average Bonchev–Trinajstić information content (AvgIpc) is 2.50. The maximum atomic E-state index is 12.4. The second-order valence-electron chi connectivity index (χ2n) is 6.56. The Labute approximate surface area is 139 Å². The molecule has 0 N–H and O–H groups in total. The van der Waals surface area contributed by atoms with E-state index in [2.05, 4.69) is 0 Å². The highest BCUT2D eigenvalue weighted by molar-refractivity contribution is 5.82. The van der Waals surface area contributed by atoms with Crippen molar-refractivity contribution in [3.8, 4) is 0 Å². The summed E-state index contributed by atoms with van der Waals surface area (Å²) in [6.07, 6.45) is -0.436. The molecule has 0 saturated carbocycles. The van der Waals surface area contributed by atoms with Gasteiger partial charge >= 0.3 is 12.1 Å². The predicted molar refractivity (Wildman–Crippen MR) is 84.4 cm³/mol. The lowest BCUT2D eigenvalue weighted by Crippen LogP contribution is -2.50. The fraction of sp³-hybridized carbons (Fsp3) is 0.500. The predicted octanol–water partition coefficient (Wildman–Crippen LogP) is 2.43. The lowest BCUT2D eigenvalue weighted by atomic mass is 9.94. The highest BCUT2D eigenvalue weighted by atomic mass is 16.6. The van der Waals surface area contributed by atoms with E-state index < -0.39 is 28.6 Å². The van der Waals surface area contributed by atoms with Gasteiger partial charge in [-0.1, -0.05) is 6.07 Å². The molecule has 0 radical (unpaired) electrons. The van der Waals surface area contributed by atoms with Crippen molar-refractivity contribution in [3.63, 3.8) is 0 Å². The van der Waals surface area contributed by atoms with E-state index in [0.717, 1.165) is 5.56 Å². The van der Waals surface area contributed by atoms with E-state index in [0.29, 0.717) is 5.56 Å². The number of ether oxygens (including phenoxy) is 2. The minimum Gasteiger partial charge on any atom is -0.467 e. The molecule has 8 heteroatoms. The Bertz CT molecular complexity index is 680. The van der Waals surface area contributed by atoms with Gasteiger partial charge in [0.05, 0.1) is 18.6 Å². The summed E-state index contributed by atoms with van der Waals surface area (Å²) in [4.78, 5) is 36.2. The Balaban J connectivity index is 2.37. The van der Waals surface area contributed by atoms with Crippen LogP contribution in [0.1, 0.15) is 31.9 Å². The smallest absolute Gasteiger partial charge is 0.411 e. The summed E-state index contributed by atoms with van der Waals surface area (Å²) in [5, 5.41) is 10.9. The maximum absolute atomic E-state index is 12.4. The molecule has 0 aliphatic carbocycles. The molecule has 1 atom stereocenters. The van der Waals surface area contributed by atoms with Crippen LogP contribution in [0.4, 0.5) is 10.5 Å². The van der Waals surface area contributed by atoms with Gasteiger partial charge in [-0.2, -0.15) is 0 Å². The van der Waals surface area contributed by atoms with Gasteiger partial charge in [-0.15, -0.1) is 0 Å². The van der Waals surface area contributed by atoms with Crippen LogP contribution >= 0.6 is 0 Å². The van der Waals surface area contributed by atoms with Crippen LogP contribution in [-0.4, -0.2) is 40.6 Å². The van der Waals surface area contributed by atoms with Crippen molar-refractivity contribution < 1.29 is 24.0 Å². The molecule has 2 rings (SSSR count). The number of nitrogens with zero attached hydrogens (tertiary/aromatic N) is 2. The molecule has 1 aliphatic rings. The highest BCUT2D eigenvalue weighted by Gasteiger charge is 2.38. The van der Waals surface area contributed by atoms with Crippen LogP contribution < -0.4 is 0 Å². The van der Waals surface area contributed by atoms with Crippen molar-refractivity contribution in [3.05, 3.63) is 39.4 Å². The summed E-state index contributed by atoms with van der Waals surface area (Å²) in [6, 6.07) is 3.59. The molecule has 1 aromatic carbocycles. The maximum Gasteiger partial charge on any atom is 0.411 e. The number of non-ortho nitro benzene ring substituents is 1. The summed E-state index contributed by atoms with van der Waals surface area (Å²) in [5.41, 5.74) is 0.612. The Morgan fingerprint density at radius 2 is 1.96 bits per heavy atom. The second-order valence-corrected chi connectivity index (χ2v) is 6.56. The number of nitro groups is 1. The Hall–Kier alpha value is -2.64. The third-order valence-corrected chi connectivity index (χ3v) is 3.63. The third kappa shape index (κ3) is 3.81. The zero-order valence-electron chi connectivity index (χ0n) is 14.1. The van der Waals surface area contributed by atoms with Gasteiger partial charge in [0, 0.05) is 18.6 Å². The van der Waals surface area contributed by atoms with E-state index in [1.807, 2.05) is 0 Å². The first-order valence-corrected chi connectivity index (χ1v) is 7.46. The molecule has 0 bridgehead atoms. The number of methoxy groups -OCH3 is 1. The second kappa shape index (κ2) is 6.46. The quantitative estimate of drug-likeness (QED) is 0.467. The Morgan fingerprint density at radius 1 is 1.29 bits per heavy atom. The molecule has 0 saturated heterocycles. The SMILES string of the molecule is COC(=O)[C@@H]1Cc2ccc([N+](=O)[O-])cc2CN1C(=O)OC(C)(C)C. The van der Waals surface area contributed by atoms with Gasteiger partial charge in [0.1, 0.15) is 11.6 Å². The van der Waals surface area contributed by atoms with E-state index in [4.69, 9.17) is 9.47 Å². The molecular weight excluding hydrogens is 316 g/mol. The lowest BCUT2D eigenvalue weighted by molar-refractivity contribution is -0.385. The van der Waals surface area contributed by atoms with E-state index in [-0.39, 0.29) is 18.7 Å². The molecule has 0 fully saturated rings. The molecule has 1 aromatic rings. The van der Waals surface area contributed by atoms with E-state index >= 15 is 0 Å². The number of esters is 1. The first kappa shape index (κ1) is 17.7. The number of amides is 1. The molecule has 1 aliphatic heterocycles. The molecule has 0 aromatic heterocycles. The van der Waals surface area contributed by atoms with Crippen molar-refractivity contribution in [2.24, 2.45) is 0 Å². The highest BCUT2D eigenvalue weighted by Crippen LogP contribution is 2.28. The molecule has 130 valence electrons. The summed E-state index contributed by atoms with van der Waals surface area (Å²) >= 11 is 0. The van der Waals surface area contributed by atoms with Gasteiger partial charge in [0.2, 0.25) is 0 Å². The molecule has 1 amide bonds. The monoisotopic (exact) mass is 336 g/mol. The number of hydrogen-bond donors (Lipinski definition) is 0. The van der Waals surface area contributed by atoms with Crippen LogP contribution in [0.5, 0.6) is 0 Å². The molecule has 24 heavy (non-hydrogen) atoms. The standard InChI is InChI=1S/C16H20N2O6/c1-16(2,3)24-15(20)17-9-11-7-12(18(21)22)6-5-10(11)8-13(17)14(19)23-4/h5-7,13H,8-9H2,1-4H3/t13-/m0/s1. The number of rotatable bonds is 2. The van der Waals surface area contributed by atoms with Crippen molar-refractivity contribution in [2.75, 3.05) is 7.11 Å². The van der Waals surface area contributed by atoms with Crippen molar-refractivity contribution in [1.29, 1.82) is 0 Å². The van der Waals surface area contributed by atoms with Crippen LogP contribution in [0.2, 0.25) is 0 Å². The third-order valence-electron chi connectivity index (χ3n) is 3.63. The van der Waals surface area contributed by atoms with E-state index in [1.165, 1.54) is 24.1 Å². The minimum atomic E-state index is -0.821. The number of hydrogen-bond acceptors (Lipinski definition) is 6. The Morgan fingerprint density at radius 3 is 2.50 bits per heavy atom. The first-order valence-electron chi connectivity index (χ1n) is 7.46. The van der Waals surface area contributed by atoms with Gasteiger partial charge in [0.25, 0.3) is 5.69 Å². The van der Waals surface area contributed by atoms with Gasteiger partial charge in [-0.05, 0) is 31.9 Å². The number of carbonyl (C=O) groups excluding carboxylic acids is 2. The summed E-state index contributed by atoms with van der Waals surface area (Å²) in [6.45, 7) is 5.22. The topological polar surface area (TPSA) is 99.0 Å². The van der Waals surface area contributed by atoms with Crippen LogP contribution in [0.25, 0.3) is 0 Å². The normalized spacial score (nSPS) is 17.0. The zero-order valence-corrected chi connectivity index (χ0v) is 14.1. The largest absolute Gasteiger partial charge is 0.467 e. The van der Waals surface area contributed by atoms with Crippen LogP contribution in [0, 0.1) is 10.1 Å². The Kier molecular flexibility index (Phi) is 4.77. The molecule has 0 unspecified atom stereocenters. The van der Waals surface area contributed by atoms with Crippen molar-refractivity contribution in [2.45, 2.75) is 45.4 Å². The molecule has 1 heterocycles. The fourth-order valence-corrected chi connectivity index (χ4v) is 2.54. The zero-order chi connectivity index (χ0) is 18.1. The van der Waals surface area contributed by atoms with E-state index in [1.54, 1.807) is 26.8 Å². The van der Waals surface area contributed by atoms with Gasteiger partial charge in [-0.25, -0.2) is 9.59 Å². The number of fused-ring (bicyclic) bond motifs is 1. The van der Waals surface area contributed by atoms with Gasteiger partial charge in [0.15, 0.2) is 0 Å². The minimum absolute atomic E-state index is 0.0473. The first-order chi connectivity index (χ1) is 11.1. The lowest BCUT2D eigenvalue weighted by Gasteiger charge is -2.36. The number of carbonyl (C=O) groups is 2. The van der Waals surface area contributed by atoms with Crippen LogP contribution in [0.15, 0.2) is 18.2 Å².